The number of aromatic nitrogens is 1. The molecule has 10 heavy (non-hydrogen) atoms. The molecule has 0 aliphatic carbocycles. The first-order valence-corrected chi connectivity index (χ1v) is 6.39. The fourth-order valence-corrected chi connectivity index (χ4v) is 1.80. The second-order valence-electron chi connectivity index (χ2n) is 2.31. The Morgan fingerprint density at radius 3 is 2.50 bits per heavy atom. The van der Waals surface area contributed by atoms with Gasteiger partial charge in [-0.2, -0.15) is 0 Å². The van der Waals surface area contributed by atoms with Crippen LogP contribution in [0.3, 0.4) is 0 Å². The zero-order valence-electron chi connectivity index (χ0n) is 5.77. The maximum absolute atomic E-state index is 10.8. The van der Waals surface area contributed by atoms with Gasteiger partial charge in [0, 0.05) is 6.19 Å². The third-order valence-electron chi connectivity index (χ3n) is 1.08. The third-order valence-corrected chi connectivity index (χ3v) is 2.94. The molecule has 3 nitrogen and oxygen atoms in total. The Hall–Kier alpha value is -0.340. The number of oxazole rings is 1. The lowest BCUT2D eigenvalue weighted by atomic mass is 11.0. The van der Waals surface area contributed by atoms with E-state index < -0.39 is 6.19 Å². The number of hydrogen-bond donors (Lipinski definition) is 0. The van der Waals surface area contributed by atoms with Gasteiger partial charge in [0.05, 0.1) is 6.20 Å². The maximum atomic E-state index is 10.8. The molecule has 0 bridgehead atoms. The smallest absolute Gasteiger partial charge is 0.416 e. The van der Waals surface area contributed by atoms with Crippen molar-refractivity contribution in [3.63, 3.8) is 0 Å². The SMILES string of the molecule is CP(C)(=S)n1ccoc1=O. The Bertz CT molecular complexity index is 320. The van der Waals surface area contributed by atoms with Crippen LogP contribution in [0.5, 0.6) is 0 Å². The number of rotatable bonds is 1. The van der Waals surface area contributed by atoms with E-state index in [9.17, 15) is 4.79 Å². The fraction of sp³-hybridized carbons (Fsp3) is 0.400. The van der Waals surface area contributed by atoms with Gasteiger partial charge in [-0.3, -0.25) is 4.34 Å². The molecule has 0 spiro atoms. The molecule has 0 aliphatic rings. The van der Waals surface area contributed by atoms with E-state index in [4.69, 9.17) is 11.8 Å². The van der Waals surface area contributed by atoms with Gasteiger partial charge >= 0.3 is 5.76 Å². The van der Waals surface area contributed by atoms with Gasteiger partial charge in [-0.25, -0.2) is 4.79 Å². The Balaban J connectivity index is 3.32. The average molecular weight is 177 g/mol. The quantitative estimate of drug-likeness (QED) is 0.599. The molecule has 0 atom stereocenters. The highest BCUT2D eigenvalue weighted by Gasteiger charge is 2.07. The summed E-state index contributed by atoms with van der Waals surface area (Å²) in [5.41, 5.74) is 0. The van der Waals surface area contributed by atoms with E-state index in [0.29, 0.717) is 0 Å². The van der Waals surface area contributed by atoms with E-state index in [0.717, 1.165) is 0 Å². The van der Waals surface area contributed by atoms with Crippen molar-refractivity contribution in [3.05, 3.63) is 23.0 Å². The van der Waals surface area contributed by atoms with E-state index in [1.165, 1.54) is 10.6 Å². The van der Waals surface area contributed by atoms with Gasteiger partial charge in [0.2, 0.25) is 0 Å². The van der Waals surface area contributed by atoms with Gasteiger partial charge in [-0.15, -0.1) is 0 Å². The summed E-state index contributed by atoms with van der Waals surface area (Å²) in [6.07, 6.45) is 1.28. The van der Waals surface area contributed by atoms with E-state index in [1.807, 2.05) is 13.3 Å². The van der Waals surface area contributed by atoms with E-state index in [2.05, 4.69) is 4.42 Å². The second-order valence-corrected chi connectivity index (χ2v) is 8.01. The zero-order valence-corrected chi connectivity index (χ0v) is 7.48. The zero-order chi connectivity index (χ0) is 7.78. The van der Waals surface area contributed by atoms with Crippen molar-refractivity contribution in [2.45, 2.75) is 0 Å². The molecule has 0 radical (unpaired) electrons. The van der Waals surface area contributed by atoms with Crippen LogP contribution in [0.2, 0.25) is 0 Å². The van der Waals surface area contributed by atoms with Crippen LogP contribution >= 0.6 is 6.19 Å². The van der Waals surface area contributed by atoms with Crippen LogP contribution in [-0.4, -0.2) is 17.7 Å². The van der Waals surface area contributed by atoms with Gasteiger partial charge < -0.3 is 4.42 Å². The highest BCUT2D eigenvalue weighted by Crippen LogP contribution is 2.35. The molecule has 0 aliphatic heterocycles. The first-order chi connectivity index (χ1) is 4.52. The van der Waals surface area contributed by atoms with E-state index in [1.54, 1.807) is 6.20 Å². The molecular weight excluding hydrogens is 169 g/mol. The molecule has 56 valence electrons. The summed E-state index contributed by atoms with van der Waals surface area (Å²) < 4.78 is 6.03. The van der Waals surface area contributed by atoms with Gasteiger partial charge in [-0.1, -0.05) is 11.8 Å². The molecule has 0 saturated heterocycles. The van der Waals surface area contributed by atoms with Crippen molar-refractivity contribution in [1.29, 1.82) is 0 Å². The molecule has 0 aromatic carbocycles. The van der Waals surface area contributed by atoms with Crippen molar-refractivity contribution in [2.75, 3.05) is 13.3 Å². The lowest BCUT2D eigenvalue weighted by molar-refractivity contribution is 0.510. The van der Waals surface area contributed by atoms with Crippen LogP contribution in [0.1, 0.15) is 0 Å². The summed E-state index contributed by atoms with van der Waals surface area (Å²) in [7, 11) is 0. The molecular formula is C5H8NO2PS. The summed E-state index contributed by atoms with van der Waals surface area (Å²) in [6.45, 7) is 3.75. The summed E-state index contributed by atoms with van der Waals surface area (Å²) in [6, 6.07) is 0. The largest absolute Gasteiger partial charge is 0.422 e. The molecule has 0 fully saturated rings. The van der Waals surface area contributed by atoms with Crippen LogP contribution < -0.4 is 5.76 Å². The Morgan fingerprint density at radius 1 is 1.70 bits per heavy atom. The Labute approximate surface area is 63.7 Å². The normalized spacial score (nSPS) is 11.8. The lowest BCUT2D eigenvalue weighted by Crippen LogP contribution is -2.10. The summed E-state index contributed by atoms with van der Waals surface area (Å²) in [5, 5.41) is 0. The molecule has 0 amide bonds. The number of hydrogen-bond acceptors (Lipinski definition) is 3. The third kappa shape index (κ3) is 1.39. The van der Waals surface area contributed by atoms with Crippen LogP contribution in [0.4, 0.5) is 0 Å². The molecule has 1 aromatic rings. The minimum Gasteiger partial charge on any atom is -0.416 e. The summed E-state index contributed by atoms with van der Waals surface area (Å²) in [5.74, 6) is -0.353. The van der Waals surface area contributed by atoms with E-state index in [-0.39, 0.29) is 5.76 Å². The standard InChI is InChI=1S/C5H8NO2PS/c1-9(2,10)6-3-4-8-5(6)7/h3-4H,1-2H3. The topological polar surface area (TPSA) is 35.1 Å². The van der Waals surface area contributed by atoms with Gasteiger partial charge in [0.25, 0.3) is 0 Å². The van der Waals surface area contributed by atoms with Crippen molar-refractivity contribution in [2.24, 2.45) is 0 Å². The number of nitrogens with zero attached hydrogens (tertiary/aromatic N) is 1. The van der Waals surface area contributed by atoms with Crippen molar-refractivity contribution < 1.29 is 4.42 Å². The molecule has 0 N–H and O–H groups in total. The molecule has 5 heteroatoms. The minimum atomic E-state index is -1.66. The average Bonchev–Trinajstić information content (AvgIpc) is 2.11. The van der Waals surface area contributed by atoms with Crippen LogP contribution in [0.25, 0.3) is 0 Å². The maximum Gasteiger partial charge on any atom is 0.422 e. The minimum absolute atomic E-state index is 0.353. The second kappa shape index (κ2) is 2.36. The lowest BCUT2D eigenvalue weighted by Gasteiger charge is -2.07. The van der Waals surface area contributed by atoms with Crippen molar-refractivity contribution in [1.82, 2.24) is 4.34 Å². The molecule has 0 saturated carbocycles. The predicted octanol–water partition coefficient (Wildman–Crippen LogP) is 0.943. The first-order valence-electron chi connectivity index (χ1n) is 2.74. The molecule has 0 unspecified atom stereocenters. The molecule has 1 heterocycles. The van der Waals surface area contributed by atoms with Crippen LogP contribution in [0.15, 0.2) is 21.7 Å². The Kier molecular flexibility index (Phi) is 1.84. The Morgan fingerprint density at radius 2 is 2.30 bits per heavy atom. The van der Waals surface area contributed by atoms with Gasteiger partial charge in [-0.05, 0) is 13.3 Å². The van der Waals surface area contributed by atoms with Gasteiger partial charge in [0.1, 0.15) is 6.26 Å². The first kappa shape index (κ1) is 7.76. The monoisotopic (exact) mass is 177 g/mol. The van der Waals surface area contributed by atoms with E-state index >= 15 is 0 Å². The summed E-state index contributed by atoms with van der Waals surface area (Å²) >= 11 is 5.11. The highest BCUT2D eigenvalue weighted by molar-refractivity contribution is 8.13. The molecule has 1 rings (SSSR count). The van der Waals surface area contributed by atoms with Crippen LogP contribution in [-0.2, 0) is 11.8 Å². The predicted molar refractivity (Wildman–Crippen MR) is 44.5 cm³/mol. The summed E-state index contributed by atoms with van der Waals surface area (Å²) in [4.78, 5) is 10.8. The molecule has 1 aromatic heterocycles. The van der Waals surface area contributed by atoms with Crippen molar-refractivity contribution in [3.8, 4) is 0 Å². The van der Waals surface area contributed by atoms with Gasteiger partial charge in [0.15, 0.2) is 0 Å². The fourth-order valence-electron chi connectivity index (χ4n) is 0.618. The van der Waals surface area contributed by atoms with Crippen LogP contribution in [0, 0.1) is 0 Å². The van der Waals surface area contributed by atoms with Crippen molar-refractivity contribution >= 4 is 18.0 Å². The highest BCUT2D eigenvalue weighted by atomic mass is 32.4.